The quantitative estimate of drug-likeness (QED) is 0.638. The fourth-order valence-corrected chi connectivity index (χ4v) is 2.13. The van der Waals surface area contributed by atoms with Gasteiger partial charge in [-0.15, -0.1) is 0 Å². The minimum Gasteiger partial charge on any atom is -0.305 e. The van der Waals surface area contributed by atoms with E-state index in [1.165, 1.54) is 4.90 Å². The molecule has 2 aromatic carbocycles. The molecule has 0 saturated carbocycles. The topological polar surface area (TPSA) is 62.1 Å². The van der Waals surface area contributed by atoms with Gasteiger partial charge in [0, 0.05) is 5.69 Å². The standard InChI is InChI=1S/C16H13N3O2/c20-15-10-16(21)19(11-15)14-8-6-13(7-9-14)18-17-12-4-2-1-3-5-12/h1-9H,10-11H2. The fourth-order valence-electron chi connectivity index (χ4n) is 2.13. The van der Waals surface area contributed by atoms with Crippen LogP contribution >= 0.6 is 0 Å². The van der Waals surface area contributed by atoms with Crippen molar-refractivity contribution < 1.29 is 9.59 Å². The van der Waals surface area contributed by atoms with Crippen LogP contribution < -0.4 is 4.90 Å². The van der Waals surface area contributed by atoms with Crippen LogP contribution in [-0.2, 0) is 9.59 Å². The summed E-state index contributed by atoms with van der Waals surface area (Å²) in [6.45, 7) is 0.156. The van der Waals surface area contributed by atoms with Gasteiger partial charge in [-0.25, -0.2) is 0 Å². The Balaban J connectivity index is 1.74. The van der Waals surface area contributed by atoms with Gasteiger partial charge in [-0.2, -0.15) is 10.2 Å². The first-order valence-electron chi connectivity index (χ1n) is 6.61. The number of hydrogen-bond acceptors (Lipinski definition) is 4. The molecule has 5 heteroatoms. The van der Waals surface area contributed by atoms with E-state index in [0.29, 0.717) is 11.4 Å². The lowest BCUT2D eigenvalue weighted by Crippen LogP contribution is -2.24. The van der Waals surface area contributed by atoms with E-state index in [9.17, 15) is 9.59 Å². The Morgan fingerprint density at radius 2 is 1.43 bits per heavy atom. The summed E-state index contributed by atoms with van der Waals surface area (Å²) in [6.07, 6.45) is -0.00450. The van der Waals surface area contributed by atoms with Gasteiger partial charge in [-0.1, -0.05) is 18.2 Å². The van der Waals surface area contributed by atoms with Gasteiger partial charge in [0.25, 0.3) is 0 Å². The zero-order chi connectivity index (χ0) is 14.7. The van der Waals surface area contributed by atoms with Gasteiger partial charge in [0.15, 0.2) is 5.78 Å². The number of amides is 1. The van der Waals surface area contributed by atoms with Crippen LogP contribution in [0.2, 0.25) is 0 Å². The molecule has 0 unspecified atom stereocenters. The third-order valence-electron chi connectivity index (χ3n) is 3.18. The van der Waals surface area contributed by atoms with E-state index in [1.807, 2.05) is 30.3 Å². The molecule has 0 bridgehead atoms. The lowest BCUT2D eigenvalue weighted by molar-refractivity contribution is -0.121. The predicted molar refractivity (Wildman–Crippen MR) is 79.0 cm³/mol. The molecule has 5 nitrogen and oxygen atoms in total. The van der Waals surface area contributed by atoms with Crippen LogP contribution in [0.25, 0.3) is 0 Å². The summed E-state index contributed by atoms with van der Waals surface area (Å²) in [5, 5.41) is 8.25. The molecule has 104 valence electrons. The Labute approximate surface area is 121 Å². The van der Waals surface area contributed by atoms with Crippen molar-refractivity contribution in [1.29, 1.82) is 0 Å². The summed E-state index contributed by atoms with van der Waals surface area (Å²) in [5.41, 5.74) is 2.19. The minimum atomic E-state index is -0.154. The molecular weight excluding hydrogens is 266 g/mol. The van der Waals surface area contributed by atoms with Gasteiger partial charge in [0.1, 0.15) is 0 Å². The third kappa shape index (κ3) is 3.02. The van der Waals surface area contributed by atoms with Crippen LogP contribution in [0.15, 0.2) is 64.8 Å². The number of hydrogen-bond donors (Lipinski definition) is 0. The monoisotopic (exact) mass is 279 g/mol. The van der Waals surface area contributed by atoms with E-state index >= 15 is 0 Å². The molecule has 0 spiro atoms. The highest BCUT2D eigenvalue weighted by molar-refractivity contribution is 6.15. The molecule has 2 aromatic rings. The Kier molecular flexibility index (Phi) is 3.55. The average molecular weight is 279 g/mol. The summed E-state index contributed by atoms with van der Waals surface area (Å²) < 4.78 is 0. The normalized spacial score (nSPS) is 15.1. The molecule has 1 amide bonds. The smallest absolute Gasteiger partial charge is 0.234 e. The Hall–Kier alpha value is -2.82. The summed E-state index contributed by atoms with van der Waals surface area (Å²) in [7, 11) is 0. The molecule has 1 aliphatic rings. The first-order chi connectivity index (χ1) is 10.2. The summed E-state index contributed by atoms with van der Waals surface area (Å²) in [6, 6.07) is 16.5. The molecule has 21 heavy (non-hydrogen) atoms. The SMILES string of the molecule is O=C1CC(=O)N(c2ccc(N=Nc3ccccc3)cc2)C1. The Morgan fingerprint density at radius 1 is 0.810 bits per heavy atom. The molecule has 0 atom stereocenters. The maximum absolute atomic E-state index is 11.6. The minimum absolute atomic E-state index is 0.00450. The van der Waals surface area contributed by atoms with Gasteiger partial charge < -0.3 is 4.90 Å². The second-order valence-corrected chi connectivity index (χ2v) is 4.75. The highest BCUT2D eigenvalue weighted by atomic mass is 16.2. The number of azo groups is 1. The number of anilines is 1. The molecule has 1 fully saturated rings. The molecule has 1 aliphatic heterocycles. The first-order valence-corrected chi connectivity index (χ1v) is 6.61. The second kappa shape index (κ2) is 5.66. The van der Waals surface area contributed by atoms with Crippen LogP contribution in [0.5, 0.6) is 0 Å². The van der Waals surface area contributed by atoms with E-state index in [0.717, 1.165) is 5.69 Å². The van der Waals surface area contributed by atoms with Gasteiger partial charge in [-0.3, -0.25) is 9.59 Å². The number of rotatable bonds is 3. The van der Waals surface area contributed by atoms with Crippen molar-refractivity contribution in [2.75, 3.05) is 11.4 Å². The highest BCUT2D eigenvalue weighted by Gasteiger charge is 2.28. The van der Waals surface area contributed by atoms with Gasteiger partial charge >= 0.3 is 0 Å². The molecule has 0 aliphatic carbocycles. The number of Topliss-reactive ketones (excluding diaryl/α,β-unsaturated/α-hetero) is 1. The molecule has 0 N–H and O–H groups in total. The van der Waals surface area contributed by atoms with E-state index < -0.39 is 0 Å². The molecule has 1 heterocycles. The molecule has 0 radical (unpaired) electrons. The average Bonchev–Trinajstić information content (AvgIpc) is 2.85. The zero-order valence-electron chi connectivity index (χ0n) is 11.3. The van der Waals surface area contributed by atoms with Crippen LogP contribution in [0.4, 0.5) is 17.1 Å². The van der Waals surface area contributed by atoms with Crippen molar-refractivity contribution in [2.45, 2.75) is 6.42 Å². The van der Waals surface area contributed by atoms with Crippen molar-refractivity contribution in [1.82, 2.24) is 0 Å². The largest absolute Gasteiger partial charge is 0.305 e. The highest BCUT2D eigenvalue weighted by Crippen LogP contribution is 2.24. The lowest BCUT2D eigenvalue weighted by Gasteiger charge is -2.14. The van der Waals surface area contributed by atoms with Crippen molar-refractivity contribution >= 4 is 28.8 Å². The van der Waals surface area contributed by atoms with Crippen LogP contribution in [0.3, 0.4) is 0 Å². The molecule has 1 saturated heterocycles. The molecule has 3 rings (SSSR count). The number of ketones is 1. The maximum Gasteiger partial charge on any atom is 0.234 e. The van der Waals surface area contributed by atoms with Crippen molar-refractivity contribution in [3.63, 3.8) is 0 Å². The first kappa shape index (κ1) is 13.2. The summed E-state index contributed by atoms with van der Waals surface area (Å²) in [4.78, 5) is 24.4. The van der Waals surface area contributed by atoms with Gasteiger partial charge in [0.05, 0.1) is 24.3 Å². The predicted octanol–water partition coefficient (Wildman–Crippen LogP) is 3.41. The third-order valence-corrected chi connectivity index (χ3v) is 3.18. The number of carbonyl (C=O) groups excluding carboxylic acids is 2. The van der Waals surface area contributed by atoms with E-state index in [2.05, 4.69) is 10.2 Å². The number of carbonyl (C=O) groups is 2. The number of nitrogens with zero attached hydrogens (tertiary/aromatic N) is 3. The van der Waals surface area contributed by atoms with Gasteiger partial charge in [-0.05, 0) is 36.4 Å². The second-order valence-electron chi connectivity index (χ2n) is 4.75. The lowest BCUT2D eigenvalue weighted by atomic mass is 10.2. The fraction of sp³-hybridized carbons (Fsp3) is 0.125. The molecular formula is C16H13N3O2. The van der Waals surface area contributed by atoms with Crippen LogP contribution in [0, 0.1) is 0 Å². The number of benzene rings is 2. The zero-order valence-corrected chi connectivity index (χ0v) is 11.3. The van der Waals surface area contributed by atoms with E-state index in [4.69, 9.17) is 0 Å². The summed E-state index contributed by atoms with van der Waals surface area (Å²) >= 11 is 0. The van der Waals surface area contributed by atoms with Crippen LogP contribution in [-0.4, -0.2) is 18.2 Å². The van der Waals surface area contributed by atoms with Crippen molar-refractivity contribution in [3.8, 4) is 0 Å². The van der Waals surface area contributed by atoms with Crippen molar-refractivity contribution in [2.24, 2.45) is 10.2 Å². The van der Waals surface area contributed by atoms with E-state index in [1.54, 1.807) is 24.3 Å². The Morgan fingerprint density at radius 3 is 2.00 bits per heavy atom. The Bertz CT molecular complexity index is 693. The maximum atomic E-state index is 11.6. The van der Waals surface area contributed by atoms with Crippen LogP contribution in [0.1, 0.15) is 6.42 Å². The summed E-state index contributed by atoms with van der Waals surface area (Å²) in [5.74, 6) is -0.202. The molecule has 0 aromatic heterocycles. The van der Waals surface area contributed by atoms with Crippen molar-refractivity contribution in [3.05, 3.63) is 54.6 Å². The van der Waals surface area contributed by atoms with E-state index in [-0.39, 0.29) is 24.7 Å². The van der Waals surface area contributed by atoms with Gasteiger partial charge in [0.2, 0.25) is 5.91 Å².